The molecule has 8 heteroatoms. The largest absolute Gasteiger partial charge is 0.477 e. The van der Waals surface area contributed by atoms with Crippen molar-refractivity contribution in [2.45, 2.75) is 27.7 Å². The van der Waals surface area contributed by atoms with Gasteiger partial charge in [-0.1, -0.05) is 59.4 Å². The van der Waals surface area contributed by atoms with Crippen LogP contribution in [0.3, 0.4) is 0 Å². The number of carbonyl (C=O) groups is 1. The second-order valence-corrected chi connectivity index (χ2v) is 10.8. The van der Waals surface area contributed by atoms with E-state index in [1.807, 2.05) is 81.1 Å². The summed E-state index contributed by atoms with van der Waals surface area (Å²) >= 11 is 0. The van der Waals surface area contributed by atoms with Crippen LogP contribution >= 0.6 is 0 Å². The Kier molecular flexibility index (Phi) is 10.3. The van der Waals surface area contributed by atoms with Crippen molar-refractivity contribution in [3.05, 3.63) is 141 Å². The van der Waals surface area contributed by atoms with Gasteiger partial charge in [0, 0.05) is 22.6 Å². The fourth-order valence-corrected chi connectivity index (χ4v) is 4.55. The lowest BCUT2D eigenvalue weighted by atomic mass is 10.0. The van der Waals surface area contributed by atoms with Crippen molar-refractivity contribution in [3.63, 3.8) is 0 Å². The second kappa shape index (κ2) is 14.3. The minimum atomic E-state index is -1.87. The summed E-state index contributed by atoms with van der Waals surface area (Å²) in [6, 6.07) is 24.0. The minimum absolute atomic E-state index is 0.227. The number of hydrogen-bond donors (Lipinski definition) is 1. The smallest absolute Gasteiger partial charge is 0.346 e. The third-order valence-electron chi connectivity index (χ3n) is 6.61. The molecule has 0 unspecified atom stereocenters. The third kappa shape index (κ3) is 7.61. The van der Waals surface area contributed by atoms with Gasteiger partial charge in [0.15, 0.2) is 23.3 Å². The zero-order chi connectivity index (χ0) is 33.5. The number of carboxylic acids is 1. The Labute approximate surface area is 264 Å². The van der Waals surface area contributed by atoms with Crippen molar-refractivity contribution < 1.29 is 27.5 Å². The molecular weight excluding hydrogens is 592 g/mol. The summed E-state index contributed by atoms with van der Waals surface area (Å²) in [5.74, 6) is -4.49. The van der Waals surface area contributed by atoms with Crippen molar-refractivity contribution in [2.75, 3.05) is 4.90 Å². The molecular formula is C38H28F4N2O2. The summed E-state index contributed by atoms with van der Waals surface area (Å²) in [5, 5.41) is 17.8. The topological polar surface area (TPSA) is 64.3 Å². The van der Waals surface area contributed by atoms with Crippen LogP contribution in [0, 0.1) is 46.4 Å². The Hall–Kier alpha value is -5.86. The maximum absolute atomic E-state index is 14.7. The molecule has 0 aliphatic heterocycles. The lowest BCUT2D eigenvalue weighted by Crippen LogP contribution is -2.09. The first-order valence-corrected chi connectivity index (χ1v) is 14.0. The zero-order valence-corrected chi connectivity index (χ0v) is 25.4. The van der Waals surface area contributed by atoms with Crippen LogP contribution in [0.2, 0.25) is 0 Å². The van der Waals surface area contributed by atoms with E-state index in [2.05, 4.69) is 24.0 Å². The standard InChI is InChI=1S/C38H28F4N2O2/c1-23(2)19-26-7-14-30(15-8-26)44(31-16-9-27(10-17-31)20-24(3)4)29-12-5-25(6-13-29)11-18-32-34(39)36(41)33(37(42)35(32)40)21-28(22-43)38(45)46/h5-10,12-17,19-21H,1-4H3,(H,45,46)/b28-21+. The number of nitrogens with zero attached hydrogens (tertiary/aromatic N) is 2. The quantitative estimate of drug-likeness (QED) is 0.0734. The van der Waals surface area contributed by atoms with E-state index in [1.54, 1.807) is 24.3 Å². The van der Waals surface area contributed by atoms with E-state index in [-0.39, 0.29) is 6.08 Å². The molecule has 0 amide bonds. The van der Waals surface area contributed by atoms with E-state index in [0.29, 0.717) is 5.56 Å². The number of allylic oxidation sites excluding steroid dienone is 2. The number of hydrogen-bond acceptors (Lipinski definition) is 3. The van der Waals surface area contributed by atoms with Crippen molar-refractivity contribution in [1.82, 2.24) is 0 Å². The summed E-state index contributed by atoms with van der Waals surface area (Å²) in [6.45, 7) is 8.09. The molecule has 0 aromatic heterocycles. The van der Waals surface area contributed by atoms with Crippen LogP contribution in [0.5, 0.6) is 0 Å². The van der Waals surface area contributed by atoms with Crippen molar-refractivity contribution >= 4 is 41.3 Å². The van der Waals surface area contributed by atoms with Crippen molar-refractivity contribution in [3.8, 4) is 17.9 Å². The number of carboxylic acid groups (broad SMARTS) is 1. The van der Waals surface area contributed by atoms with Gasteiger partial charge in [0.25, 0.3) is 0 Å². The average molecular weight is 621 g/mol. The highest BCUT2D eigenvalue weighted by atomic mass is 19.2. The first kappa shape index (κ1) is 33.0. The van der Waals surface area contributed by atoms with E-state index < -0.39 is 45.9 Å². The second-order valence-electron chi connectivity index (χ2n) is 10.8. The van der Waals surface area contributed by atoms with Crippen LogP contribution in [0.1, 0.15) is 55.5 Å². The summed E-state index contributed by atoms with van der Waals surface area (Å²) in [4.78, 5) is 13.1. The van der Waals surface area contributed by atoms with Gasteiger partial charge in [-0.3, -0.25) is 0 Å². The Morgan fingerprint density at radius 3 is 1.43 bits per heavy atom. The Morgan fingerprint density at radius 2 is 1.07 bits per heavy atom. The number of rotatable bonds is 7. The Balaban J connectivity index is 1.73. The van der Waals surface area contributed by atoms with Crippen LogP contribution in [-0.2, 0) is 4.79 Å². The van der Waals surface area contributed by atoms with Gasteiger partial charge in [-0.15, -0.1) is 0 Å². The normalized spacial score (nSPS) is 10.7. The predicted molar refractivity (Wildman–Crippen MR) is 173 cm³/mol. The summed E-state index contributed by atoms with van der Waals surface area (Å²) < 4.78 is 58.7. The number of aliphatic carboxylic acids is 1. The Bertz CT molecular complexity index is 1890. The molecule has 0 saturated heterocycles. The molecule has 0 radical (unpaired) electrons. The van der Waals surface area contributed by atoms with E-state index in [1.165, 1.54) is 17.2 Å². The Morgan fingerprint density at radius 1 is 0.652 bits per heavy atom. The van der Waals surface area contributed by atoms with Crippen LogP contribution in [0.25, 0.3) is 18.2 Å². The number of benzene rings is 4. The number of nitriles is 1. The maximum Gasteiger partial charge on any atom is 0.346 e. The van der Waals surface area contributed by atoms with Crippen LogP contribution < -0.4 is 4.90 Å². The molecule has 0 fully saturated rings. The van der Waals surface area contributed by atoms with E-state index >= 15 is 0 Å². The molecule has 0 spiro atoms. The van der Waals surface area contributed by atoms with Crippen LogP contribution in [0.15, 0.2) is 89.5 Å². The van der Waals surface area contributed by atoms with Gasteiger partial charge in [-0.05, 0) is 93.4 Å². The molecule has 1 N–H and O–H groups in total. The van der Waals surface area contributed by atoms with Crippen LogP contribution in [-0.4, -0.2) is 11.1 Å². The molecule has 4 nitrogen and oxygen atoms in total. The van der Waals surface area contributed by atoms with E-state index in [4.69, 9.17) is 10.4 Å². The highest BCUT2D eigenvalue weighted by Crippen LogP contribution is 2.35. The molecule has 0 aliphatic carbocycles. The van der Waals surface area contributed by atoms with Gasteiger partial charge < -0.3 is 10.0 Å². The van der Waals surface area contributed by atoms with Crippen molar-refractivity contribution in [1.29, 1.82) is 5.26 Å². The predicted octanol–water partition coefficient (Wildman–Crippen LogP) is 9.95. The highest BCUT2D eigenvalue weighted by molar-refractivity contribution is 5.96. The molecule has 230 valence electrons. The van der Waals surface area contributed by atoms with Gasteiger partial charge in [0.2, 0.25) is 0 Å². The van der Waals surface area contributed by atoms with E-state index in [9.17, 15) is 22.4 Å². The SMILES string of the molecule is CC(C)=Cc1ccc(N(c2ccc(C#Cc3c(F)c(F)c(/C=C(\C#N)C(=O)O)c(F)c3F)cc2)c2ccc(C=C(C)C)cc2)cc1. The maximum atomic E-state index is 14.7. The van der Waals surface area contributed by atoms with Gasteiger partial charge in [-0.25, -0.2) is 22.4 Å². The van der Waals surface area contributed by atoms with Gasteiger partial charge in [0.05, 0.1) is 5.56 Å². The summed E-state index contributed by atoms with van der Waals surface area (Å²) in [7, 11) is 0. The van der Waals surface area contributed by atoms with Gasteiger partial charge in [-0.2, -0.15) is 5.26 Å². The fraction of sp³-hybridized carbons (Fsp3) is 0.105. The van der Waals surface area contributed by atoms with Gasteiger partial charge >= 0.3 is 5.97 Å². The minimum Gasteiger partial charge on any atom is -0.477 e. The molecule has 0 bridgehead atoms. The number of halogens is 4. The number of anilines is 3. The van der Waals surface area contributed by atoms with Gasteiger partial charge in [0.1, 0.15) is 17.2 Å². The monoisotopic (exact) mass is 620 g/mol. The fourth-order valence-electron chi connectivity index (χ4n) is 4.55. The average Bonchev–Trinajstić information content (AvgIpc) is 3.02. The van der Waals surface area contributed by atoms with Crippen molar-refractivity contribution in [2.24, 2.45) is 0 Å². The molecule has 0 aliphatic rings. The summed E-state index contributed by atoms with van der Waals surface area (Å²) in [5.41, 5.74) is 3.67. The molecule has 4 aromatic carbocycles. The summed E-state index contributed by atoms with van der Waals surface area (Å²) in [6.07, 6.45) is 4.37. The van der Waals surface area contributed by atoms with E-state index in [0.717, 1.165) is 28.2 Å². The molecule has 46 heavy (non-hydrogen) atoms. The molecule has 0 heterocycles. The first-order valence-electron chi connectivity index (χ1n) is 14.0. The molecule has 4 rings (SSSR count). The third-order valence-corrected chi connectivity index (χ3v) is 6.61. The molecule has 4 aromatic rings. The lowest BCUT2D eigenvalue weighted by Gasteiger charge is -2.26. The molecule has 0 atom stereocenters. The highest BCUT2D eigenvalue weighted by Gasteiger charge is 2.24. The molecule has 0 saturated carbocycles. The zero-order valence-electron chi connectivity index (χ0n) is 25.4. The van der Waals surface area contributed by atoms with Crippen LogP contribution in [0.4, 0.5) is 34.6 Å². The first-order chi connectivity index (χ1) is 21.9. The lowest BCUT2D eigenvalue weighted by molar-refractivity contribution is -0.132.